The molecule has 110 valence electrons. The average Bonchev–Trinajstić information content (AvgIpc) is 2.81. The standard InChI is InChI=1S/C16H25N3O/c1-12(2)18-10-13-4-6-14(7-5-13)19-9-8-16(3,11-19)15(17)20/h4-7,12,18H,8-11H2,1-3H3,(H2,17,20). The Morgan fingerprint density at radius 3 is 2.55 bits per heavy atom. The molecule has 0 saturated carbocycles. The Labute approximate surface area is 121 Å². The van der Waals surface area contributed by atoms with Crippen molar-refractivity contribution in [3.05, 3.63) is 29.8 Å². The molecule has 0 bridgehead atoms. The summed E-state index contributed by atoms with van der Waals surface area (Å²) in [4.78, 5) is 13.7. The molecular formula is C16H25N3O. The van der Waals surface area contributed by atoms with Crippen molar-refractivity contribution in [3.8, 4) is 0 Å². The first-order valence-electron chi connectivity index (χ1n) is 7.28. The van der Waals surface area contributed by atoms with Crippen LogP contribution in [0.1, 0.15) is 32.8 Å². The van der Waals surface area contributed by atoms with Crippen molar-refractivity contribution in [3.63, 3.8) is 0 Å². The van der Waals surface area contributed by atoms with E-state index in [0.717, 1.165) is 19.5 Å². The van der Waals surface area contributed by atoms with Gasteiger partial charge in [0.25, 0.3) is 0 Å². The summed E-state index contributed by atoms with van der Waals surface area (Å²) in [5.41, 5.74) is 7.55. The number of nitrogens with zero attached hydrogens (tertiary/aromatic N) is 1. The number of anilines is 1. The molecule has 0 aliphatic carbocycles. The van der Waals surface area contributed by atoms with Crippen LogP contribution in [0, 0.1) is 5.41 Å². The summed E-state index contributed by atoms with van der Waals surface area (Å²) in [5.74, 6) is -0.197. The highest BCUT2D eigenvalue weighted by Gasteiger charge is 2.38. The number of benzene rings is 1. The minimum Gasteiger partial charge on any atom is -0.370 e. The zero-order valence-electron chi connectivity index (χ0n) is 12.6. The van der Waals surface area contributed by atoms with Crippen LogP contribution in [0.4, 0.5) is 5.69 Å². The predicted molar refractivity (Wildman–Crippen MR) is 82.5 cm³/mol. The molecule has 1 aromatic rings. The quantitative estimate of drug-likeness (QED) is 0.862. The molecule has 1 atom stereocenters. The molecule has 4 nitrogen and oxygen atoms in total. The Kier molecular flexibility index (Phi) is 4.33. The molecular weight excluding hydrogens is 250 g/mol. The van der Waals surface area contributed by atoms with E-state index in [4.69, 9.17) is 5.73 Å². The minimum atomic E-state index is -0.391. The first-order chi connectivity index (χ1) is 9.40. The van der Waals surface area contributed by atoms with E-state index in [1.165, 1.54) is 11.3 Å². The molecule has 1 heterocycles. The lowest BCUT2D eigenvalue weighted by atomic mass is 9.89. The molecule has 20 heavy (non-hydrogen) atoms. The Morgan fingerprint density at radius 2 is 2.05 bits per heavy atom. The molecule has 1 aliphatic heterocycles. The second-order valence-electron chi connectivity index (χ2n) is 6.30. The van der Waals surface area contributed by atoms with Gasteiger partial charge in [0.15, 0.2) is 0 Å². The molecule has 1 amide bonds. The molecule has 1 aromatic carbocycles. The smallest absolute Gasteiger partial charge is 0.225 e. The van der Waals surface area contributed by atoms with Crippen molar-refractivity contribution < 1.29 is 4.79 Å². The first-order valence-corrected chi connectivity index (χ1v) is 7.28. The van der Waals surface area contributed by atoms with E-state index >= 15 is 0 Å². The molecule has 0 aromatic heterocycles. The van der Waals surface area contributed by atoms with Crippen molar-refractivity contribution in [2.24, 2.45) is 11.1 Å². The molecule has 0 radical (unpaired) electrons. The van der Waals surface area contributed by atoms with E-state index in [2.05, 4.69) is 48.3 Å². The van der Waals surface area contributed by atoms with E-state index in [9.17, 15) is 4.79 Å². The van der Waals surface area contributed by atoms with E-state index in [0.29, 0.717) is 12.6 Å². The van der Waals surface area contributed by atoms with Crippen molar-refractivity contribution in [2.75, 3.05) is 18.0 Å². The highest BCUT2D eigenvalue weighted by atomic mass is 16.1. The summed E-state index contributed by atoms with van der Waals surface area (Å²) < 4.78 is 0. The second-order valence-corrected chi connectivity index (χ2v) is 6.30. The molecule has 3 N–H and O–H groups in total. The third kappa shape index (κ3) is 3.31. The van der Waals surface area contributed by atoms with Gasteiger partial charge in [-0.3, -0.25) is 4.79 Å². The number of hydrogen-bond acceptors (Lipinski definition) is 3. The summed E-state index contributed by atoms with van der Waals surface area (Å²) >= 11 is 0. The van der Waals surface area contributed by atoms with Crippen LogP contribution in [0.15, 0.2) is 24.3 Å². The summed E-state index contributed by atoms with van der Waals surface area (Å²) in [7, 11) is 0. The van der Waals surface area contributed by atoms with Gasteiger partial charge in [-0.05, 0) is 31.0 Å². The maximum atomic E-state index is 11.5. The number of primary amides is 1. The fraction of sp³-hybridized carbons (Fsp3) is 0.562. The van der Waals surface area contributed by atoms with Gasteiger partial charge in [0.1, 0.15) is 0 Å². The SMILES string of the molecule is CC(C)NCc1ccc(N2CCC(C)(C(N)=O)C2)cc1. The number of carbonyl (C=O) groups is 1. The van der Waals surface area contributed by atoms with Gasteiger partial charge in [-0.2, -0.15) is 0 Å². The zero-order chi connectivity index (χ0) is 14.8. The Bertz CT molecular complexity index is 469. The van der Waals surface area contributed by atoms with E-state index in [1.54, 1.807) is 0 Å². The lowest BCUT2D eigenvalue weighted by Gasteiger charge is -2.22. The van der Waals surface area contributed by atoms with Crippen molar-refractivity contribution >= 4 is 11.6 Å². The highest BCUT2D eigenvalue weighted by Crippen LogP contribution is 2.32. The van der Waals surface area contributed by atoms with Crippen LogP contribution < -0.4 is 16.0 Å². The monoisotopic (exact) mass is 275 g/mol. The Balaban J connectivity index is 1.99. The summed E-state index contributed by atoms with van der Waals surface area (Å²) in [6.45, 7) is 8.73. The molecule has 1 aliphatic rings. The lowest BCUT2D eigenvalue weighted by Crippen LogP contribution is -2.37. The van der Waals surface area contributed by atoms with Gasteiger partial charge in [0.2, 0.25) is 5.91 Å². The average molecular weight is 275 g/mol. The van der Waals surface area contributed by atoms with Gasteiger partial charge in [-0.1, -0.05) is 26.0 Å². The highest BCUT2D eigenvalue weighted by molar-refractivity contribution is 5.82. The van der Waals surface area contributed by atoms with Crippen molar-refractivity contribution in [2.45, 2.75) is 39.8 Å². The Hall–Kier alpha value is -1.55. The van der Waals surface area contributed by atoms with Crippen molar-refractivity contribution in [1.29, 1.82) is 0 Å². The van der Waals surface area contributed by atoms with Gasteiger partial charge in [-0.25, -0.2) is 0 Å². The third-order valence-corrected chi connectivity index (χ3v) is 4.08. The number of nitrogens with one attached hydrogen (secondary N) is 1. The molecule has 2 rings (SSSR count). The predicted octanol–water partition coefficient (Wildman–Crippen LogP) is 1.89. The van der Waals surface area contributed by atoms with Crippen LogP contribution in [0.2, 0.25) is 0 Å². The number of carbonyl (C=O) groups excluding carboxylic acids is 1. The van der Waals surface area contributed by atoms with Crippen LogP contribution >= 0.6 is 0 Å². The topological polar surface area (TPSA) is 58.4 Å². The van der Waals surface area contributed by atoms with E-state index < -0.39 is 5.41 Å². The van der Waals surface area contributed by atoms with Gasteiger partial charge in [-0.15, -0.1) is 0 Å². The van der Waals surface area contributed by atoms with Gasteiger partial charge < -0.3 is 16.0 Å². The van der Waals surface area contributed by atoms with Crippen LogP contribution in [-0.2, 0) is 11.3 Å². The number of rotatable bonds is 5. The second kappa shape index (κ2) is 5.83. The van der Waals surface area contributed by atoms with E-state index in [-0.39, 0.29) is 5.91 Å². The van der Waals surface area contributed by atoms with Crippen LogP contribution in [-0.4, -0.2) is 25.0 Å². The van der Waals surface area contributed by atoms with Gasteiger partial charge in [0, 0.05) is 31.4 Å². The molecule has 1 fully saturated rings. The maximum Gasteiger partial charge on any atom is 0.225 e. The van der Waals surface area contributed by atoms with Crippen LogP contribution in [0.5, 0.6) is 0 Å². The van der Waals surface area contributed by atoms with Gasteiger partial charge >= 0.3 is 0 Å². The number of hydrogen-bond donors (Lipinski definition) is 2. The summed E-state index contributed by atoms with van der Waals surface area (Å²) in [6, 6.07) is 9.04. The van der Waals surface area contributed by atoms with Crippen LogP contribution in [0.3, 0.4) is 0 Å². The Morgan fingerprint density at radius 1 is 1.40 bits per heavy atom. The zero-order valence-corrected chi connectivity index (χ0v) is 12.6. The van der Waals surface area contributed by atoms with Crippen molar-refractivity contribution in [1.82, 2.24) is 5.32 Å². The third-order valence-electron chi connectivity index (χ3n) is 4.08. The summed E-state index contributed by atoms with van der Waals surface area (Å²) in [5, 5.41) is 3.40. The molecule has 4 heteroatoms. The van der Waals surface area contributed by atoms with Gasteiger partial charge in [0.05, 0.1) is 5.41 Å². The largest absolute Gasteiger partial charge is 0.370 e. The summed E-state index contributed by atoms with van der Waals surface area (Å²) in [6.07, 6.45) is 0.832. The maximum absolute atomic E-state index is 11.5. The fourth-order valence-electron chi connectivity index (χ4n) is 2.53. The normalized spacial score (nSPS) is 22.5. The molecule has 0 spiro atoms. The number of nitrogens with two attached hydrogens (primary N) is 1. The van der Waals surface area contributed by atoms with E-state index in [1.807, 2.05) is 6.92 Å². The fourth-order valence-corrected chi connectivity index (χ4v) is 2.53. The lowest BCUT2D eigenvalue weighted by molar-refractivity contribution is -0.125. The molecule has 1 unspecified atom stereocenters. The van der Waals surface area contributed by atoms with Crippen LogP contribution in [0.25, 0.3) is 0 Å². The first kappa shape index (κ1) is 14.9. The molecule has 1 saturated heterocycles. The number of amides is 1. The minimum absolute atomic E-state index is 0.197.